The fraction of sp³-hybridized carbons (Fsp3) is 0.857. The van der Waals surface area contributed by atoms with Crippen molar-refractivity contribution in [1.29, 1.82) is 0 Å². The van der Waals surface area contributed by atoms with Crippen LogP contribution in [0, 0.1) is 0 Å². The minimum Gasteiger partial charge on any atom is -0.373 e. The van der Waals surface area contributed by atoms with Crippen LogP contribution < -0.4 is 0 Å². The van der Waals surface area contributed by atoms with Crippen LogP contribution in [0.25, 0.3) is 0 Å². The first-order chi connectivity index (χ1) is 5.46. The van der Waals surface area contributed by atoms with Crippen molar-refractivity contribution in [2.45, 2.75) is 31.9 Å². The standard InChI is InChI=1S/C7H11F2NO2/c1-2-10-5(11)3-7(8,9)4-6(10)12/h5,11H,2-4H2,1H3. The Balaban J connectivity index is 2.70. The average Bonchev–Trinajstić information content (AvgIpc) is 1.82. The summed E-state index contributed by atoms with van der Waals surface area (Å²) in [6.45, 7) is 1.92. The van der Waals surface area contributed by atoms with Gasteiger partial charge in [0.15, 0.2) is 0 Å². The van der Waals surface area contributed by atoms with Gasteiger partial charge in [0.1, 0.15) is 6.23 Å². The largest absolute Gasteiger partial charge is 0.373 e. The molecule has 1 atom stereocenters. The van der Waals surface area contributed by atoms with E-state index < -0.39 is 30.9 Å². The van der Waals surface area contributed by atoms with E-state index in [1.807, 2.05) is 0 Å². The maximum atomic E-state index is 12.6. The van der Waals surface area contributed by atoms with E-state index in [4.69, 9.17) is 5.11 Å². The molecule has 1 unspecified atom stereocenters. The van der Waals surface area contributed by atoms with Crippen molar-refractivity contribution in [3.63, 3.8) is 0 Å². The Hall–Kier alpha value is -0.710. The van der Waals surface area contributed by atoms with Gasteiger partial charge in [0.2, 0.25) is 5.91 Å². The Kier molecular flexibility index (Phi) is 2.32. The molecule has 1 amide bonds. The first-order valence-electron chi connectivity index (χ1n) is 3.81. The number of likely N-dealkylation sites (tertiary alicyclic amines) is 1. The predicted molar refractivity (Wildman–Crippen MR) is 37.6 cm³/mol. The lowest BCUT2D eigenvalue weighted by Gasteiger charge is -2.35. The molecule has 0 aromatic heterocycles. The first kappa shape index (κ1) is 9.38. The summed E-state index contributed by atoms with van der Waals surface area (Å²) >= 11 is 0. The second-order valence-electron chi connectivity index (χ2n) is 2.90. The minimum atomic E-state index is -3.04. The van der Waals surface area contributed by atoms with Crippen LogP contribution in [0.2, 0.25) is 0 Å². The molecule has 1 saturated heterocycles. The van der Waals surface area contributed by atoms with E-state index in [9.17, 15) is 13.6 Å². The summed E-state index contributed by atoms with van der Waals surface area (Å²) in [4.78, 5) is 12.0. The lowest BCUT2D eigenvalue weighted by Crippen LogP contribution is -2.50. The first-order valence-corrected chi connectivity index (χ1v) is 3.81. The van der Waals surface area contributed by atoms with Gasteiger partial charge >= 0.3 is 0 Å². The molecule has 12 heavy (non-hydrogen) atoms. The molecule has 0 bridgehead atoms. The van der Waals surface area contributed by atoms with E-state index in [2.05, 4.69) is 0 Å². The Labute approximate surface area is 69.0 Å². The van der Waals surface area contributed by atoms with E-state index in [1.165, 1.54) is 0 Å². The third kappa shape index (κ3) is 1.72. The number of hydrogen-bond acceptors (Lipinski definition) is 2. The highest BCUT2D eigenvalue weighted by Crippen LogP contribution is 2.31. The van der Waals surface area contributed by atoms with Crippen LogP contribution in [-0.2, 0) is 4.79 Å². The zero-order valence-electron chi connectivity index (χ0n) is 6.76. The van der Waals surface area contributed by atoms with Gasteiger partial charge in [0, 0.05) is 6.54 Å². The number of rotatable bonds is 1. The summed E-state index contributed by atoms with van der Waals surface area (Å²) < 4.78 is 25.2. The molecule has 70 valence electrons. The van der Waals surface area contributed by atoms with Crippen LogP contribution >= 0.6 is 0 Å². The van der Waals surface area contributed by atoms with E-state index in [1.54, 1.807) is 6.92 Å². The molecule has 1 rings (SSSR count). The van der Waals surface area contributed by atoms with Crippen molar-refractivity contribution in [2.75, 3.05) is 6.54 Å². The number of aliphatic hydroxyl groups excluding tert-OH is 1. The Morgan fingerprint density at radius 3 is 2.75 bits per heavy atom. The quantitative estimate of drug-likeness (QED) is 0.639. The molecule has 1 N–H and O–H groups in total. The third-order valence-corrected chi connectivity index (χ3v) is 1.91. The Morgan fingerprint density at radius 1 is 1.75 bits per heavy atom. The van der Waals surface area contributed by atoms with E-state index in [0.29, 0.717) is 0 Å². The zero-order chi connectivity index (χ0) is 9.35. The number of piperidine rings is 1. The van der Waals surface area contributed by atoms with Gasteiger partial charge in [-0.1, -0.05) is 0 Å². The van der Waals surface area contributed by atoms with Crippen LogP contribution in [-0.4, -0.2) is 34.6 Å². The minimum absolute atomic E-state index is 0.274. The Morgan fingerprint density at radius 2 is 2.33 bits per heavy atom. The molecule has 1 fully saturated rings. The number of hydrogen-bond donors (Lipinski definition) is 1. The average molecular weight is 179 g/mol. The van der Waals surface area contributed by atoms with Crippen molar-refractivity contribution in [2.24, 2.45) is 0 Å². The van der Waals surface area contributed by atoms with Crippen LogP contribution in [0.4, 0.5) is 8.78 Å². The van der Waals surface area contributed by atoms with Crippen molar-refractivity contribution in [3.05, 3.63) is 0 Å². The number of carbonyl (C=O) groups is 1. The summed E-state index contributed by atoms with van der Waals surface area (Å²) in [6, 6.07) is 0. The number of amides is 1. The smallest absolute Gasteiger partial charge is 0.261 e. The van der Waals surface area contributed by atoms with Gasteiger partial charge in [-0.05, 0) is 6.92 Å². The number of carbonyl (C=O) groups excluding carboxylic acids is 1. The van der Waals surface area contributed by atoms with Crippen molar-refractivity contribution >= 4 is 5.91 Å². The lowest BCUT2D eigenvalue weighted by atomic mass is 10.0. The monoisotopic (exact) mass is 179 g/mol. The highest BCUT2D eigenvalue weighted by Gasteiger charge is 2.43. The predicted octanol–water partition coefficient (Wildman–Crippen LogP) is 0.582. The normalized spacial score (nSPS) is 29.2. The summed E-state index contributed by atoms with van der Waals surface area (Å²) in [5.74, 6) is -3.72. The summed E-state index contributed by atoms with van der Waals surface area (Å²) in [6.07, 6.45) is -2.75. The molecule has 0 radical (unpaired) electrons. The van der Waals surface area contributed by atoms with Gasteiger partial charge in [-0.2, -0.15) is 0 Å². The zero-order valence-corrected chi connectivity index (χ0v) is 6.76. The van der Waals surface area contributed by atoms with Crippen LogP contribution in [0.1, 0.15) is 19.8 Å². The Bertz CT molecular complexity index is 196. The van der Waals surface area contributed by atoms with E-state index in [0.717, 1.165) is 4.90 Å². The molecule has 1 aliphatic rings. The third-order valence-electron chi connectivity index (χ3n) is 1.91. The van der Waals surface area contributed by atoms with Gasteiger partial charge in [-0.3, -0.25) is 4.79 Å². The molecule has 1 heterocycles. The molecule has 3 nitrogen and oxygen atoms in total. The lowest BCUT2D eigenvalue weighted by molar-refractivity contribution is -0.172. The number of aliphatic hydroxyl groups is 1. The number of nitrogens with zero attached hydrogens (tertiary/aromatic N) is 1. The maximum absolute atomic E-state index is 12.6. The fourth-order valence-corrected chi connectivity index (χ4v) is 1.33. The van der Waals surface area contributed by atoms with Gasteiger partial charge < -0.3 is 10.0 Å². The van der Waals surface area contributed by atoms with Crippen LogP contribution in [0.3, 0.4) is 0 Å². The van der Waals surface area contributed by atoms with Crippen molar-refractivity contribution < 1.29 is 18.7 Å². The van der Waals surface area contributed by atoms with E-state index in [-0.39, 0.29) is 6.54 Å². The topological polar surface area (TPSA) is 40.5 Å². The fourth-order valence-electron chi connectivity index (χ4n) is 1.33. The summed E-state index contributed by atoms with van der Waals surface area (Å²) in [5.41, 5.74) is 0. The molecule has 0 spiro atoms. The van der Waals surface area contributed by atoms with E-state index >= 15 is 0 Å². The molecule has 5 heteroatoms. The molecule has 0 aromatic rings. The highest BCUT2D eigenvalue weighted by molar-refractivity contribution is 5.78. The summed E-state index contributed by atoms with van der Waals surface area (Å²) in [7, 11) is 0. The molecule has 1 aliphatic heterocycles. The van der Waals surface area contributed by atoms with Crippen LogP contribution in [0.15, 0.2) is 0 Å². The molecule has 0 aromatic carbocycles. The number of halogens is 2. The molecule has 0 aliphatic carbocycles. The van der Waals surface area contributed by atoms with Gasteiger partial charge in [0.05, 0.1) is 12.8 Å². The second-order valence-corrected chi connectivity index (χ2v) is 2.90. The molecular weight excluding hydrogens is 168 g/mol. The van der Waals surface area contributed by atoms with Crippen LogP contribution in [0.5, 0.6) is 0 Å². The van der Waals surface area contributed by atoms with Gasteiger partial charge in [0.25, 0.3) is 5.92 Å². The second kappa shape index (κ2) is 2.97. The van der Waals surface area contributed by atoms with Gasteiger partial charge in [-0.15, -0.1) is 0 Å². The highest BCUT2D eigenvalue weighted by atomic mass is 19.3. The number of alkyl halides is 2. The summed E-state index contributed by atoms with van der Waals surface area (Å²) in [5, 5.41) is 9.10. The molecule has 0 saturated carbocycles. The SMILES string of the molecule is CCN1C(=O)CC(F)(F)CC1O. The van der Waals surface area contributed by atoms with Crippen molar-refractivity contribution in [3.8, 4) is 0 Å². The van der Waals surface area contributed by atoms with Gasteiger partial charge in [-0.25, -0.2) is 8.78 Å². The molecular formula is C7H11F2NO2. The maximum Gasteiger partial charge on any atom is 0.261 e. The van der Waals surface area contributed by atoms with Crippen molar-refractivity contribution in [1.82, 2.24) is 4.90 Å².